The van der Waals surface area contributed by atoms with E-state index in [9.17, 15) is 5.26 Å². The van der Waals surface area contributed by atoms with Crippen molar-refractivity contribution in [3.63, 3.8) is 0 Å². The molecular weight excluding hydrogens is 569 g/mol. The van der Waals surface area contributed by atoms with Crippen LogP contribution in [0.5, 0.6) is 0 Å². The van der Waals surface area contributed by atoms with Gasteiger partial charge in [0.05, 0.1) is 22.7 Å². The lowest BCUT2D eigenvalue weighted by molar-refractivity contribution is 0.754. The number of nitriles is 1. The Balaban J connectivity index is 1.30. The van der Waals surface area contributed by atoms with Gasteiger partial charge in [-0.25, -0.2) is 0 Å². The van der Waals surface area contributed by atoms with Crippen LogP contribution >= 0.6 is 0 Å². The molecule has 0 atom stereocenters. The molecule has 0 saturated carbocycles. The monoisotopic (exact) mass is 596 g/mol. The van der Waals surface area contributed by atoms with Gasteiger partial charge in [-0.15, -0.1) is 0 Å². The van der Waals surface area contributed by atoms with Crippen molar-refractivity contribution >= 4 is 21.8 Å². The van der Waals surface area contributed by atoms with Gasteiger partial charge in [0.2, 0.25) is 0 Å². The van der Waals surface area contributed by atoms with Gasteiger partial charge in [-0.2, -0.15) is 5.26 Å². The molecular formula is C45H28N2. The first kappa shape index (κ1) is 26.1. The van der Waals surface area contributed by atoms with Crippen molar-refractivity contribution in [2.24, 2.45) is 0 Å². The molecule has 3 aliphatic carbocycles. The summed E-state index contributed by atoms with van der Waals surface area (Å²) in [6.45, 7) is 0. The van der Waals surface area contributed by atoms with Crippen LogP contribution in [0.2, 0.25) is 0 Å². The number of rotatable bonds is 3. The average molecular weight is 597 g/mol. The molecule has 3 aliphatic rings. The van der Waals surface area contributed by atoms with Crippen LogP contribution < -0.4 is 0 Å². The van der Waals surface area contributed by atoms with Gasteiger partial charge in [-0.1, -0.05) is 133 Å². The van der Waals surface area contributed by atoms with E-state index in [0.29, 0.717) is 0 Å². The van der Waals surface area contributed by atoms with Crippen LogP contribution in [0.1, 0.15) is 50.8 Å². The molecule has 0 radical (unpaired) electrons. The Hall–Kier alpha value is -6.17. The molecule has 0 amide bonds. The largest absolute Gasteiger partial charge is 0.309 e. The molecule has 0 aliphatic heterocycles. The van der Waals surface area contributed by atoms with Gasteiger partial charge in [0.15, 0.2) is 0 Å². The van der Waals surface area contributed by atoms with Crippen LogP contribution in [-0.2, 0) is 0 Å². The Morgan fingerprint density at radius 1 is 0.468 bits per heavy atom. The maximum Gasteiger partial charge on any atom is 0.0994 e. The van der Waals surface area contributed by atoms with Crippen molar-refractivity contribution in [2.45, 2.75) is 11.8 Å². The lowest BCUT2D eigenvalue weighted by atomic mass is 9.59. The van der Waals surface area contributed by atoms with Crippen LogP contribution in [0.3, 0.4) is 0 Å². The zero-order chi connectivity index (χ0) is 31.1. The first-order valence-electron chi connectivity index (χ1n) is 16.2. The van der Waals surface area contributed by atoms with Crippen molar-refractivity contribution in [1.29, 1.82) is 5.26 Å². The van der Waals surface area contributed by atoms with Crippen molar-refractivity contribution in [3.8, 4) is 34.0 Å². The second kappa shape index (κ2) is 9.91. The molecule has 1 aromatic heterocycles. The molecule has 8 aromatic rings. The minimum atomic E-state index is 0.0321. The molecule has 0 saturated heterocycles. The average Bonchev–Trinajstić information content (AvgIpc) is 3.49. The maximum atomic E-state index is 10.5. The third-order valence-electron chi connectivity index (χ3n) is 10.4. The van der Waals surface area contributed by atoms with Crippen LogP contribution in [-0.4, -0.2) is 4.57 Å². The lowest BCUT2D eigenvalue weighted by Gasteiger charge is -2.43. The number of hydrogen-bond donors (Lipinski definition) is 0. The molecule has 2 heteroatoms. The molecule has 0 spiro atoms. The van der Waals surface area contributed by atoms with E-state index in [2.05, 4.69) is 168 Å². The Morgan fingerprint density at radius 2 is 1.06 bits per heavy atom. The van der Waals surface area contributed by atoms with E-state index in [4.69, 9.17) is 0 Å². The molecule has 0 fully saturated rings. The summed E-state index contributed by atoms with van der Waals surface area (Å²) in [6.07, 6.45) is 0. The predicted octanol–water partition coefficient (Wildman–Crippen LogP) is 11.0. The number of hydrogen-bond acceptors (Lipinski definition) is 1. The third kappa shape index (κ3) is 3.60. The standard InChI is InChI=1S/C45H28N2/c46-27-30-24-25-37(44-41(30)42-33-17-4-6-19-35(33)43(44)36-20-7-5-18-34(36)42)39-22-11-21-38-32-16-8-9-23-40(32)47(45(38)39)31-15-10-14-29(26-31)28-12-2-1-3-13-28/h1-26,42-43H. The smallest absolute Gasteiger partial charge is 0.0994 e. The molecule has 0 N–H and O–H groups in total. The van der Waals surface area contributed by atoms with Gasteiger partial charge >= 0.3 is 0 Å². The number of benzene rings is 7. The van der Waals surface area contributed by atoms with E-state index in [1.54, 1.807) is 0 Å². The van der Waals surface area contributed by atoms with Gasteiger partial charge < -0.3 is 4.57 Å². The molecule has 47 heavy (non-hydrogen) atoms. The second-order valence-corrected chi connectivity index (χ2v) is 12.7. The van der Waals surface area contributed by atoms with Gasteiger partial charge in [0.25, 0.3) is 0 Å². The Labute approximate surface area is 273 Å². The lowest BCUT2D eigenvalue weighted by Crippen LogP contribution is -2.29. The SMILES string of the molecule is N#Cc1ccc(-c2cccc3c4ccccc4n(-c4cccc(-c5ccccc5)c4)c23)c2c1C1c3ccccc3C2c2ccccc21. The third-order valence-corrected chi connectivity index (χ3v) is 10.4. The summed E-state index contributed by atoms with van der Waals surface area (Å²) in [5.41, 5.74) is 16.8. The van der Waals surface area contributed by atoms with Crippen molar-refractivity contribution in [2.75, 3.05) is 0 Å². The highest BCUT2D eigenvalue weighted by Gasteiger charge is 2.43. The van der Waals surface area contributed by atoms with Crippen LogP contribution in [0.15, 0.2) is 158 Å². The van der Waals surface area contributed by atoms with Gasteiger partial charge in [0.1, 0.15) is 0 Å². The zero-order valence-electron chi connectivity index (χ0n) is 25.6. The van der Waals surface area contributed by atoms with Gasteiger partial charge in [0, 0.05) is 33.9 Å². The topological polar surface area (TPSA) is 28.7 Å². The fourth-order valence-corrected chi connectivity index (χ4v) is 8.58. The normalized spacial score (nSPS) is 15.6. The molecule has 1 heterocycles. The van der Waals surface area contributed by atoms with E-state index >= 15 is 0 Å². The van der Waals surface area contributed by atoms with Gasteiger partial charge in [-0.3, -0.25) is 0 Å². The first-order valence-corrected chi connectivity index (χ1v) is 16.2. The van der Waals surface area contributed by atoms with E-state index in [1.807, 2.05) is 0 Å². The van der Waals surface area contributed by atoms with Crippen molar-refractivity contribution in [1.82, 2.24) is 4.57 Å². The molecule has 11 rings (SSSR count). The fourth-order valence-electron chi connectivity index (χ4n) is 8.58. The minimum absolute atomic E-state index is 0.0321. The summed E-state index contributed by atoms with van der Waals surface area (Å²) < 4.78 is 2.44. The summed E-state index contributed by atoms with van der Waals surface area (Å²) in [5, 5.41) is 13.0. The molecule has 218 valence electrons. The second-order valence-electron chi connectivity index (χ2n) is 12.7. The predicted molar refractivity (Wildman–Crippen MR) is 191 cm³/mol. The Bertz CT molecular complexity index is 2550. The molecule has 7 aromatic carbocycles. The zero-order valence-corrected chi connectivity index (χ0v) is 25.6. The van der Waals surface area contributed by atoms with Crippen molar-refractivity contribution < 1.29 is 0 Å². The summed E-state index contributed by atoms with van der Waals surface area (Å²) in [4.78, 5) is 0. The van der Waals surface area contributed by atoms with E-state index in [-0.39, 0.29) is 11.8 Å². The van der Waals surface area contributed by atoms with E-state index in [1.165, 1.54) is 71.9 Å². The number of aromatic nitrogens is 1. The summed E-state index contributed by atoms with van der Waals surface area (Å²) >= 11 is 0. The fraction of sp³-hybridized carbons (Fsp3) is 0.0444. The number of nitrogens with zero attached hydrogens (tertiary/aromatic N) is 2. The highest BCUT2D eigenvalue weighted by atomic mass is 15.0. The molecule has 0 unspecified atom stereocenters. The van der Waals surface area contributed by atoms with Gasteiger partial charge in [-0.05, 0) is 74.3 Å². The highest BCUT2D eigenvalue weighted by Crippen LogP contribution is 2.59. The van der Waals surface area contributed by atoms with Crippen molar-refractivity contribution in [3.05, 3.63) is 197 Å². The maximum absolute atomic E-state index is 10.5. The summed E-state index contributed by atoms with van der Waals surface area (Å²) in [6, 6.07) is 59.5. The quantitative estimate of drug-likeness (QED) is 0.199. The highest BCUT2D eigenvalue weighted by molar-refractivity contribution is 6.14. The van der Waals surface area contributed by atoms with Crippen LogP contribution in [0.25, 0.3) is 49.7 Å². The Morgan fingerprint density at radius 3 is 1.79 bits per heavy atom. The summed E-state index contributed by atoms with van der Waals surface area (Å²) in [5.74, 6) is 0.0878. The minimum Gasteiger partial charge on any atom is -0.309 e. The van der Waals surface area contributed by atoms with E-state index in [0.717, 1.165) is 16.8 Å². The number of fused-ring (bicyclic) bond motifs is 3. The molecule has 2 nitrogen and oxygen atoms in total. The summed E-state index contributed by atoms with van der Waals surface area (Å²) in [7, 11) is 0. The van der Waals surface area contributed by atoms with E-state index < -0.39 is 0 Å². The Kier molecular flexibility index (Phi) is 5.50. The molecule has 2 bridgehead atoms. The van der Waals surface area contributed by atoms with Crippen LogP contribution in [0.4, 0.5) is 0 Å². The van der Waals surface area contributed by atoms with Crippen LogP contribution in [0, 0.1) is 11.3 Å². The first-order chi connectivity index (χ1) is 23.3. The number of para-hydroxylation sites is 2.